The maximum absolute atomic E-state index is 6.03. The van der Waals surface area contributed by atoms with Gasteiger partial charge in [-0.1, -0.05) is 17.7 Å². The van der Waals surface area contributed by atoms with Gasteiger partial charge in [0.1, 0.15) is 11.5 Å². The quantitative estimate of drug-likeness (QED) is 0.683. The number of hydrogen-bond donors (Lipinski definition) is 1. The second-order valence-electron chi connectivity index (χ2n) is 5.78. The van der Waals surface area contributed by atoms with Crippen molar-refractivity contribution in [3.63, 3.8) is 0 Å². The molecule has 0 aromatic carbocycles. The molecule has 0 aliphatic carbocycles. The lowest BCUT2D eigenvalue weighted by Crippen LogP contribution is -2.41. The van der Waals surface area contributed by atoms with E-state index in [0.717, 1.165) is 5.47 Å². The molecule has 0 spiro atoms. The predicted molar refractivity (Wildman–Crippen MR) is 80.2 cm³/mol. The van der Waals surface area contributed by atoms with Gasteiger partial charge in [-0.2, -0.15) is 0 Å². The molecule has 0 atom stereocenters. The average Bonchev–Trinajstić information content (AvgIpc) is 2.57. The van der Waals surface area contributed by atoms with Crippen molar-refractivity contribution >= 4 is 24.8 Å². The number of halogens is 1. The van der Waals surface area contributed by atoms with Crippen LogP contribution in [-0.4, -0.2) is 34.8 Å². The molecule has 108 valence electrons. The first-order chi connectivity index (χ1) is 9.27. The van der Waals surface area contributed by atoms with Gasteiger partial charge in [0.2, 0.25) is 0 Å². The molecule has 20 heavy (non-hydrogen) atoms. The minimum Gasteiger partial charge on any atom is -0.400 e. The van der Waals surface area contributed by atoms with Crippen LogP contribution in [0.2, 0.25) is 5.15 Å². The van der Waals surface area contributed by atoms with Crippen LogP contribution < -0.4 is 5.73 Å². The second-order valence-corrected chi connectivity index (χ2v) is 6.14. The van der Waals surface area contributed by atoms with E-state index in [-0.39, 0.29) is 0 Å². The van der Waals surface area contributed by atoms with Gasteiger partial charge in [0.25, 0.3) is 0 Å². The molecule has 7 heteroatoms. The topological polar surface area (TPSA) is 70.3 Å². The summed E-state index contributed by atoms with van der Waals surface area (Å²) in [6, 6.07) is 0. The molecule has 1 aliphatic rings. The summed E-state index contributed by atoms with van der Waals surface area (Å²) in [6.07, 6.45) is 4.86. The molecule has 0 radical (unpaired) electrons. The third-order valence-corrected chi connectivity index (χ3v) is 4.14. The summed E-state index contributed by atoms with van der Waals surface area (Å²) in [4.78, 5) is 7.89. The number of nitrogens with two attached hydrogens (primary N) is 1. The molecule has 1 saturated heterocycles. The van der Waals surface area contributed by atoms with Crippen LogP contribution in [0.25, 0.3) is 6.08 Å². The molecule has 5 nitrogen and oxygen atoms in total. The Morgan fingerprint density at radius 1 is 1.35 bits per heavy atom. The number of rotatable bonds is 3. The summed E-state index contributed by atoms with van der Waals surface area (Å²) in [7, 11) is -0.485. The normalized spacial score (nSPS) is 21.3. The van der Waals surface area contributed by atoms with Gasteiger partial charge in [0.05, 0.1) is 11.2 Å². The highest BCUT2D eigenvalue weighted by molar-refractivity contribution is 6.56. The zero-order chi connectivity index (χ0) is 15.0. The Bertz CT molecular complexity index is 518. The molecular formula is C13H19BClN3O2. The largest absolute Gasteiger partial charge is 0.491 e. The maximum atomic E-state index is 6.03. The third kappa shape index (κ3) is 2.88. The molecular weight excluding hydrogens is 276 g/mol. The van der Waals surface area contributed by atoms with E-state index in [0.29, 0.717) is 17.3 Å². The zero-order valence-electron chi connectivity index (χ0n) is 12.2. The Hall–Kier alpha value is -0.945. The fourth-order valence-corrected chi connectivity index (χ4v) is 1.99. The van der Waals surface area contributed by atoms with E-state index in [2.05, 4.69) is 9.97 Å². The molecule has 0 bridgehead atoms. The molecule has 1 aromatic heterocycles. The van der Waals surface area contributed by atoms with E-state index in [1.807, 2.05) is 33.8 Å². The third-order valence-electron chi connectivity index (χ3n) is 3.82. The molecule has 2 rings (SSSR count). The minimum absolute atomic E-state index is 0.308. The summed E-state index contributed by atoms with van der Waals surface area (Å²) < 4.78 is 11.9. The smallest absolute Gasteiger partial charge is 0.400 e. The molecule has 1 aliphatic heterocycles. The Balaban J connectivity index is 2.29. The average molecular weight is 296 g/mol. The van der Waals surface area contributed by atoms with Gasteiger partial charge >= 0.3 is 7.12 Å². The summed E-state index contributed by atoms with van der Waals surface area (Å²) in [5, 5.41) is 0.377. The van der Waals surface area contributed by atoms with Gasteiger partial charge in [-0.25, -0.2) is 9.97 Å². The monoisotopic (exact) mass is 295 g/mol. The van der Waals surface area contributed by atoms with Crippen molar-refractivity contribution in [1.82, 2.24) is 9.97 Å². The zero-order valence-corrected chi connectivity index (χ0v) is 12.9. The minimum atomic E-state index is -0.485. The standard InChI is InChI=1S/C13H19BClN3O2/c1-12(2)13(3,4)20-14(19-12)10(6-16)5-9-7-17-8-18-11(9)15/h5,7-8H,6,16H2,1-4H3. The number of nitrogens with zero attached hydrogens (tertiary/aromatic N) is 2. The number of hydrogen-bond acceptors (Lipinski definition) is 5. The van der Waals surface area contributed by atoms with Gasteiger partial charge in [0.15, 0.2) is 0 Å². The van der Waals surface area contributed by atoms with Crippen molar-refractivity contribution in [2.45, 2.75) is 38.9 Å². The van der Waals surface area contributed by atoms with Crippen LogP contribution in [0.5, 0.6) is 0 Å². The lowest BCUT2D eigenvalue weighted by atomic mass is 9.77. The first-order valence-electron chi connectivity index (χ1n) is 6.48. The summed E-state index contributed by atoms with van der Waals surface area (Å²) >= 11 is 6.03. The maximum Gasteiger partial charge on any atom is 0.491 e. The van der Waals surface area contributed by atoms with Gasteiger partial charge in [0, 0.05) is 18.3 Å². The Morgan fingerprint density at radius 3 is 2.45 bits per heavy atom. The first-order valence-corrected chi connectivity index (χ1v) is 6.86. The molecule has 2 N–H and O–H groups in total. The molecule has 0 unspecified atom stereocenters. The second kappa shape index (κ2) is 5.45. The van der Waals surface area contributed by atoms with Crippen molar-refractivity contribution in [3.8, 4) is 0 Å². The Morgan fingerprint density at radius 2 is 1.95 bits per heavy atom. The fourth-order valence-electron chi connectivity index (χ4n) is 1.84. The first kappa shape index (κ1) is 15.4. The summed E-state index contributed by atoms with van der Waals surface area (Å²) in [5.74, 6) is 0. The van der Waals surface area contributed by atoms with Gasteiger partial charge in [-0.15, -0.1) is 0 Å². The van der Waals surface area contributed by atoms with E-state index in [1.165, 1.54) is 6.33 Å². The number of aromatic nitrogens is 2. The van der Waals surface area contributed by atoms with E-state index in [9.17, 15) is 0 Å². The van der Waals surface area contributed by atoms with E-state index >= 15 is 0 Å². The van der Waals surface area contributed by atoms with E-state index in [4.69, 9.17) is 26.6 Å². The van der Waals surface area contributed by atoms with Crippen LogP contribution in [0.4, 0.5) is 0 Å². The van der Waals surface area contributed by atoms with Crippen molar-refractivity contribution in [1.29, 1.82) is 0 Å². The lowest BCUT2D eigenvalue weighted by Gasteiger charge is -2.32. The van der Waals surface area contributed by atoms with Crippen LogP contribution in [0, 0.1) is 0 Å². The Labute approximate surface area is 124 Å². The van der Waals surface area contributed by atoms with Crippen LogP contribution in [-0.2, 0) is 9.31 Å². The predicted octanol–water partition coefficient (Wildman–Crippen LogP) is 2.10. The van der Waals surface area contributed by atoms with Crippen molar-refractivity contribution in [2.75, 3.05) is 6.54 Å². The molecule has 0 amide bonds. The fraction of sp³-hybridized carbons (Fsp3) is 0.538. The van der Waals surface area contributed by atoms with Crippen LogP contribution in [0.3, 0.4) is 0 Å². The Kier molecular flexibility index (Phi) is 4.20. The van der Waals surface area contributed by atoms with E-state index in [1.54, 1.807) is 6.20 Å². The highest BCUT2D eigenvalue weighted by Crippen LogP contribution is 2.38. The highest BCUT2D eigenvalue weighted by atomic mass is 35.5. The van der Waals surface area contributed by atoms with Crippen molar-refractivity contribution in [3.05, 3.63) is 28.7 Å². The van der Waals surface area contributed by atoms with Gasteiger partial charge in [-0.05, 0) is 33.2 Å². The SMILES string of the molecule is CC1(C)OB(C(=Cc2cncnc2Cl)CN)OC1(C)C. The molecule has 0 saturated carbocycles. The summed E-state index contributed by atoms with van der Waals surface area (Å²) in [5.41, 5.74) is 6.52. The lowest BCUT2D eigenvalue weighted by molar-refractivity contribution is 0.00578. The molecule has 2 heterocycles. The van der Waals surface area contributed by atoms with Gasteiger partial charge in [-0.3, -0.25) is 0 Å². The van der Waals surface area contributed by atoms with Crippen LogP contribution in [0.1, 0.15) is 33.3 Å². The van der Waals surface area contributed by atoms with E-state index < -0.39 is 18.3 Å². The van der Waals surface area contributed by atoms with Gasteiger partial charge < -0.3 is 15.0 Å². The molecule has 1 aromatic rings. The molecule has 1 fully saturated rings. The van der Waals surface area contributed by atoms with Crippen molar-refractivity contribution in [2.24, 2.45) is 5.73 Å². The van der Waals surface area contributed by atoms with Crippen LogP contribution in [0.15, 0.2) is 18.0 Å². The van der Waals surface area contributed by atoms with Crippen molar-refractivity contribution < 1.29 is 9.31 Å². The summed E-state index contributed by atoms with van der Waals surface area (Å²) in [6.45, 7) is 8.31. The highest BCUT2D eigenvalue weighted by Gasteiger charge is 2.52. The van der Waals surface area contributed by atoms with Crippen LogP contribution >= 0.6 is 11.6 Å².